The second kappa shape index (κ2) is 7.27. The third kappa shape index (κ3) is 3.30. The minimum absolute atomic E-state index is 0.0665. The van der Waals surface area contributed by atoms with Crippen LogP contribution in [0.1, 0.15) is 33.1 Å². The Morgan fingerprint density at radius 2 is 2.12 bits per heavy atom. The van der Waals surface area contributed by atoms with Gasteiger partial charge >= 0.3 is 6.03 Å². The molecular weight excluding hydrogens is 326 g/mol. The van der Waals surface area contributed by atoms with Crippen LogP contribution in [0.3, 0.4) is 0 Å². The molecule has 4 rings (SSSR count). The molecule has 0 bridgehead atoms. The Morgan fingerprint density at radius 3 is 2.96 bits per heavy atom. The van der Waals surface area contributed by atoms with E-state index in [0.29, 0.717) is 18.5 Å². The molecule has 1 unspecified atom stereocenters. The van der Waals surface area contributed by atoms with E-state index in [0.717, 1.165) is 43.0 Å². The number of hydrogen-bond acceptors (Lipinski definition) is 4. The highest BCUT2D eigenvalue weighted by Crippen LogP contribution is 2.27. The monoisotopic (exact) mass is 355 g/mol. The van der Waals surface area contributed by atoms with E-state index < -0.39 is 0 Å². The van der Waals surface area contributed by atoms with E-state index in [1.807, 2.05) is 24.3 Å². The summed E-state index contributed by atoms with van der Waals surface area (Å²) in [7, 11) is 0. The van der Waals surface area contributed by atoms with Crippen molar-refractivity contribution >= 4 is 23.0 Å². The van der Waals surface area contributed by atoms with E-state index in [4.69, 9.17) is 4.98 Å². The van der Waals surface area contributed by atoms with E-state index in [2.05, 4.69) is 29.0 Å². The number of rotatable bonds is 4. The highest BCUT2D eigenvalue weighted by atomic mass is 16.2. The Balaban J connectivity index is 1.62. The van der Waals surface area contributed by atoms with Crippen LogP contribution >= 0.6 is 0 Å². The molecule has 1 atom stereocenters. The van der Waals surface area contributed by atoms with Crippen molar-refractivity contribution in [3.8, 4) is 0 Å². The summed E-state index contributed by atoms with van der Waals surface area (Å²) < 4.78 is 1.78. The molecule has 140 valence electrons. The van der Waals surface area contributed by atoms with Crippen LogP contribution in [0.5, 0.6) is 0 Å². The largest absolute Gasteiger partial charge is 0.339 e. The van der Waals surface area contributed by atoms with Crippen molar-refractivity contribution in [2.24, 2.45) is 5.92 Å². The molecule has 6 nitrogen and oxygen atoms in total. The van der Waals surface area contributed by atoms with Gasteiger partial charge in [0.1, 0.15) is 0 Å². The number of anilines is 1. The van der Waals surface area contributed by atoms with Gasteiger partial charge in [-0.25, -0.2) is 14.3 Å². The van der Waals surface area contributed by atoms with Crippen molar-refractivity contribution < 1.29 is 4.79 Å². The molecule has 6 heteroatoms. The van der Waals surface area contributed by atoms with Gasteiger partial charge in [0.05, 0.1) is 11.0 Å². The first-order chi connectivity index (χ1) is 12.6. The summed E-state index contributed by atoms with van der Waals surface area (Å²) in [6, 6.07) is 8.46. The van der Waals surface area contributed by atoms with Crippen LogP contribution in [-0.2, 0) is 0 Å². The molecule has 0 saturated carbocycles. The number of nitrogens with zero attached hydrogens (tertiary/aromatic N) is 4. The predicted molar refractivity (Wildman–Crippen MR) is 105 cm³/mol. The van der Waals surface area contributed by atoms with Crippen LogP contribution in [0, 0.1) is 5.92 Å². The summed E-state index contributed by atoms with van der Waals surface area (Å²) >= 11 is 0. The molecule has 26 heavy (non-hydrogen) atoms. The first-order valence-electron chi connectivity index (χ1n) is 9.88. The van der Waals surface area contributed by atoms with Crippen LogP contribution in [0.15, 0.2) is 24.3 Å². The van der Waals surface area contributed by atoms with Crippen LogP contribution in [0.4, 0.5) is 10.7 Å². The number of benzene rings is 1. The number of fused-ring (bicyclic) bond motifs is 2. The van der Waals surface area contributed by atoms with Gasteiger partial charge in [0.2, 0.25) is 5.95 Å². The molecule has 2 aliphatic rings. The fourth-order valence-electron chi connectivity index (χ4n) is 4.15. The van der Waals surface area contributed by atoms with E-state index in [1.54, 1.807) is 4.57 Å². The SMILES string of the molecule is CC(C)CCNC(=O)n1c(N2CCN3CCCC3C2)nc2ccccc21. The maximum atomic E-state index is 13.0. The average Bonchev–Trinajstić information content (AvgIpc) is 3.24. The fourth-order valence-corrected chi connectivity index (χ4v) is 4.15. The number of aromatic nitrogens is 2. The van der Waals surface area contributed by atoms with Crippen molar-refractivity contribution in [2.75, 3.05) is 37.6 Å². The lowest BCUT2D eigenvalue weighted by Crippen LogP contribution is -2.51. The number of para-hydroxylation sites is 2. The molecule has 2 aliphatic heterocycles. The van der Waals surface area contributed by atoms with Crippen molar-refractivity contribution in [2.45, 2.75) is 39.2 Å². The molecule has 1 aromatic carbocycles. The predicted octanol–water partition coefficient (Wildman–Crippen LogP) is 2.92. The smallest absolute Gasteiger partial charge is 0.328 e. The summed E-state index contributed by atoms with van der Waals surface area (Å²) in [5.41, 5.74) is 1.77. The van der Waals surface area contributed by atoms with E-state index in [1.165, 1.54) is 19.4 Å². The molecule has 2 fully saturated rings. The van der Waals surface area contributed by atoms with E-state index in [9.17, 15) is 4.79 Å². The molecule has 0 aliphatic carbocycles. The fraction of sp³-hybridized carbons (Fsp3) is 0.600. The Labute approximate surface area is 155 Å². The first kappa shape index (κ1) is 17.3. The molecule has 0 spiro atoms. The first-order valence-corrected chi connectivity index (χ1v) is 9.88. The number of hydrogen-bond donors (Lipinski definition) is 1. The molecule has 2 aromatic rings. The van der Waals surface area contributed by atoms with Gasteiger partial charge < -0.3 is 10.2 Å². The summed E-state index contributed by atoms with van der Waals surface area (Å²) in [6.07, 6.45) is 3.51. The number of carbonyl (C=O) groups is 1. The molecule has 0 radical (unpaired) electrons. The maximum Gasteiger partial charge on any atom is 0.328 e. The summed E-state index contributed by atoms with van der Waals surface area (Å²) in [4.78, 5) is 22.7. The van der Waals surface area contributed by atoms with Gasteiger partial charge in [0.25, 0.3) is 0 Å². The van der Waals surface area contributed by atoms with Gasteiger partial charge in [-0.1, -0.05) is 26.0 Å². The van der Waals surface area contributed by atoms with Gasteiger partial charge in [-0.15, -0.1) is 0 Å². The highest BCUT2D eigenvalue weighted by Gasteiger charge is 2.33. The number of nitrogens with one attached hydrogen (secondary N) is 1. The summed E-state index contributed by atoms with van der Waals surface area (Å²) in [5.74, 6) is 1.37. The van der Waals surface area contributed by atoms with Crippen LogP contribution in [0.2, 0.25) is 0 Å². The zero-order chi connectivity index (χ0) is 18.1. The third-order valence-electron chi connectivity index (χ3n) is 5.61. The Morgan fingerprint density at radius 1 is 1.27 bits per heavy atom. The van der Waals surface area contributed by atoms with Crippen LogP contribution < -0.4 is 10.2 Å². The molecule has 1 amide bonds. The van der Waals surface area contributed by atoms with Crippen LogP contribution in [0.25, 0.3) is 11.0 Å². The van der Waals surface area contributed by atoms with Crippen molar-refractivity contribution in [3.63, 3.8) is 0 Å². The van der Waals surface area contributed by atoms with Gasteiger partial charge in [-0.05, 0) is 43.9 Å². The van der Waals surface area contributed by atoms with Gasteiger partial charge in [-0.2, -0.15) is 0 Å². The minimum atomic E-state index is -0.0665. The van der Waals surface area contributed by atoms with Gasteiger partial charge in [0, 0.05) is 32.2 Å². The number of piperazine rings is 1. The van der Waals surface area contributed by atoms with E-state index in [-0.39, 0.29) is 6.03 Å². The molecular formula is C20H29N5O. The lowest BCUT2D eigenvalue weighted by Gasteiger charge is -2.38. The van der Waals surface area contributed by atoms with Crippen molar-refractivity contribution in [1.29, 1.82) is 0 Å². The van der Waals surface area contributed by atoms with Crippen LogP contribution in [-0.4, -0.2) is 59.2 Å². The lowest BCUT2D eigenvalue weighted by atomic mass is 10.1. The Kier molecular flexibility index (Phi) is 4.85. The zero-order valence-electron chi connectivity index (χ0n) is 15.8. The topological polar surface area (TPSA) is 53.4 Å². The maximum absolute atomic E-state index is 13.0. The average molecular weight is 355 g/mol. The third-order valence-corrected chi connectivity index (χ3v) is 5.61. The molecule has 3 heterocycles. The van der Waals surface area contributed by atoms with Gasteiger partial charge in [-0.3, -0.25) is 4.90 Å². The summed E-state index contributed by atoms with van der Waals surface area (Å²) in [5, 5.41) is 3.08. The summed E-state index contributed by atoms with van der Waals surface area (Å²) in [6.45, 7) is 9.20. The number of carbonyl (C=O) groups excluding carboxylic acids is 1. The highest BCUT2D eigenvalue weighted by molar-refractivity contribution is 5.93. The zero-order valence-corrected chi connectivity index (χ0v) is 15.8. The van der Waals surface area contributed by atoms with Crippen molar-refractivity contribution in [3.05, 3.63) is 24.3 Å². The molecule has 1 N–H and O–H groups in total. The molecule has 1 aromatic heterocycles. The lowest BCUT2D eigenvalue weighted by molar-refractivity contribution is 0.227. The minimum Gasteiger partial charge on any atom is -0.339 e. The second-order valence-electron chi connectivity index (χ2n) is 7.93. The number of imidazole rings is 1. The Bertz CT molecular complexity index is 784. The van der Waals surface area contributed by atoms with Crippen molar-refractivity contribution in [1.82, 2.24) is 19.8 Å². The quantitative estimate of drug-likeness (QED) is 0.916. The molecule has 2 saturated heterocycles. The van der Waals surface area contributed by atoms with Gasteiger partial charge in [0.15, 0.2) is 0 Å². The van der Waals surface area contributed by atoms with E-state index >= 15 is 0 Å². The number of amides is 1. The normalized spacial score (nSPS) is 20.7. The standard InChI is InChI=1S/C20H29N5O/c1-15(2)9-10-21-20(26)25-18-8-4-3-7-17(18)22-19(25)24-13-12-23-11-5-6-16(23)14-24/h3-4,7-8,15-16H,5-6,9-14H2,1-2H3,(H,21,26). The Hall–Kier alpha value is -2.08. The second-order valence-corrected chi connectivity index (χ2v) is 7.93.